The predicted molar refractivity (Wildman–Crippen MR) is 75.6 cm³/mol. The molecule has 0 aromatic carbocycles. The minimum absolute atomic E-state index is 0.123. The van der Waals surface area contributed by atoms with E-state index in [1.54, 1.807) is 0 Å². The summed E-state index contributed by atoms with van der Waals surface area (Å²) in [6, 6.07) is 0.540. The van der Waals surface area contributed by atoms with Gasteiger partial charge in [-0.1, -0.05) is 13.3 Å². The van der Waals surface area contributed by atoms with Gasteiger partial charge in [0.25, 0.3) is 0 Å². The van der Waals surface area contributed by atoms with E-state index in [1.165, 1.54) is 25.7 Å². The second-order valence-corrected chi connectivity index (χ2v) is 6.83. The Morgan fingerprint density at radius 2 is 2.05 bits per heavy atom. The molecule has 1 saturated heterocycles. The zero-order valence-electron chi connectivity index (χ0n) is 12.0. The first-order valence-corrected chi connectivity index (χ1v) is 7.94. The van der Waals surface area contributed by atoms with Gasteiger partial charge < -0.3 is 10.6 Å². The average Bonchev–Trinajstić information content (AvgIpc) is 3.28. The highest BCUT2D eigenvalue weighted by atomic mass is 16.1. The Balaban J connectivity index is 1.69. The molecule has 108 valence electrons. The number of carbonyl (C=O) groups is 1. The second-order valence-electron chi connectivity index (χ2n) is 6.83. The van der Waals surface area contributed by atoms with E-state index in [4.69, 9.17) is 5.73 Å². The maximum atomic E-state index is 12.1. The molecule has 19 heavy (non-hydrogen) atoms. The number of carbonyl (C=O) groups excluding carboxylic acids is 1. The smallest absolute Gasteiger partial charge is 0.239 e. The van der Waals surface area contributed by atoms with Crippen LogP contribution in [0.5, 0.6) is 0 Å². The van der Waals surface area contributed by atoms with Crippen LogP contribution >= 0.6 is 0 Å². The molecule has 0 aromatic rings. The van der Waals surface area contributed by atoms with Crippen molar-refractivity contribution in [2.45, 2.75) is 57.0 Å². The van der Waals surface area contributed by atoms with E-state index in [0.717, 1.165) is 38.4 Å². The van der Waals surface area contributed by atoms with E-state index in [2.05, 4.69) is 17.1 Å². The Morgan fingerprint density at radius 3 is 2.53 bits per heavy atom. The van der Waals surface area contributed by atoms with Gasteiger partial charge in [-0.05, 0) is 50.5 Å². The van der Waals surface area contributed by atoms with Crippen molar-refractivity contribution >= 4 is 5.91 Å². The van der Waals surface area contributed by atoms with E-state index < -0.39 is 5.54 Å². The van der Waals surface area contributed by atoms with E-state index in [9.17, 15) is 4.79 Å². The van der Waals surface area contributed by atoms with Crippen molar-refractivity contribution in [3.63, 3.8) is 0 Å². The summed E-state index contributed by atoms with van der Waals surface area (Å²) < 4.78 is 0. The van der Waals surface area contributed by atoms with Gasteiger partial charge in [0.05, 0.1) is 0 Å². The number of nitrogens with zero attached hydrogens (tertiary/aromatic N) is 1. The lowest BCUT2D eigenvalue weighted by atomic mass is 9.91. The van der Waals surface area contributed by atoms with Crippen molar-refractivity contribution in [2.24, 2.45) is 17.6 Å². The third-order valence-corrected chi connectivity index (χ3v) is 5.17. The number of nitrogens with one attached hydrogen (secondary N) is 1. The first kappa shape index (κ1) is 13.4. The summed E-state index contributed by atoms with van der Waals surface area (Å²) in [4.78, 5) is 14.6. The third-order valence-electron chi connectivity index (χ3n) is 5.17. The number of hydrogen-bond donors (Lipinski definition) is 2. The Kier molecular flexibility index (Phi) is 3.56. The second kappa shape index (κ2) is 5.06. The van der Waals surface area contributed by atoms with Crippen LogP contribution in [-0.4, -0.2) is 42.0 Å². The first-order valence-electron chi connectivity index (χ1n) is 7.94. The van der Waals surface area contributed by atoms with Crippen LogP contribution in [-0.2, 0) is 4.79 Å². The molecule has 0 spiro atoms. The predicted octanol–water partition coefficient (Wildman–Crippen LogP) is 1.10. The van der Waals surface area contributed by atoms with Crippen LogP contribution in [0, 0.1) is 11.8 Å². The van der Waals surface area contributed by atoms with E-state index >= 15 is 0 Å². The summed E-state index contributed by atoms with van der Waals surface area (Å²) in [7, 11) is 0. The van der Waals surface area contributed by atoms with Gasteiger partial charge in [0, 0.05) is 19.1 Å². The SMILES string of the molecule is CCC1CCN(CC(NC2CC2)(C(N)=O)C2CC2)C1. The minimum atomic E-state index is -0.441. The van der Waals surface area contributed by atoms with Gasteiger partial charge in [-0.3, -0.25) is 10.1 Å². The number of amides is 1. The van der Waals surface area contributed by atoms with E-state index in [0.29, 0.717) is 12.0 Å². The maximum Gasteiger partial charge on any atom is 0.239 e. The van der Waals surface area contributed by atoms with Crippen LogP contribution < -0.4 is 11.1 Å². The van der Waals surface area contributed by atoms with Crippen molar-refractivity contribution < 1.29 is 4.79 Å². The molecule has 3 fully saturated rings. The van der Waals surface area contributed by atoms with Crippen molar-refractivity contribution in [1.29, 1.82) is 0 Å². The fraction of sp³-hybridized carbons (Fsp3) is 0.933. The molecule has 0 radical (unpaired) electrons. The van der Waals surface area contributed by atoms with Crippen molar-refractivity contribution in [1.82, 2.24) is 10.2 Å². The van der Waals surface area contributed by atoms with Gasteiger partial charge in [-0.15, -0.1) is 0 Å². The summed E-state index contributed by atoms with van der Waals surface area (Å²) in [5.41, 5.74) is 5.37. The molecular weight excluding hydrogens is 238 g/mol. The molecular formula is C15H27N3O. The summed E-state index contributed by atoms with van der Waals surface area (Å²) in [6.07, 6.45) is 7.26. The molecule has 2 unspecified atom stereocenters. The van der Waals surface area contributed by atoms with Crippen molar-refractivity contribution in [2.75, 3.05) is 19.6 Å². The number of rotatable bonds is 7. The molecule has 4 heteroatoms. The molecule has 0 aromatic heterocycles. The van der Waals surface area contributed by atoms with Crippen molar-refractivity contribution in [3.05, 3.63) is 0 Å². The van der Waals surface area contributed by atoms with Crippen LogP contribution in [0.4, 0.5) is 0 Å². The minimum Gasteiger partial charge on any atom is -0.368 e. The molecule has 2 aliphatic carbocycles. The molecule has 1 amide bonds. The molecule has 4 nitrogen and oxygen atoms in total. The van der Waals surface area contributed by atoms with Crippen LogP contribution in [0.2, 0.25) is 0 Å². The third kappa shape index (κ3) is 2.79. The highest BCUT2D eigenvalue weighted by Gasteiger charge is 2.52. The number of nitrogens with two attached hydrogens (primary N) is 1. The lowest BCUT2D eigenvalue weighted by molar-refractivity contribution is -0.126. The van der Waals surface area contributed by atoms with Gasteiger partial charge in [-0.25, -0.2) is 0 Å². The number of hydrogen-bond acceptors (Lipinski definition) is 3. The molecule has 3 N–H and O–H groups in total. The molecule has 1 aliphatic heterocycles. The lowest BCUT2D eigenvalue weighted by Gasteiger charge is -2.36. The van der Waals surface area contributed by atoms with Gasteiger partial charge in [0.1, 0.15) is 5.54 Å². The monoisotopic (exact) mass is 265 g/mol. The van der Waals surface area contributed by atoms with E-state index in [1.807, 2.05) is 0 Å². The topological polar surface area (TPSA) is 58.4 Å². The summed E-state index contributed by atoms with van der Waals surface area (Å²) in [5, 5.41) is 3.61. The zero-order valence-corrected chi connectivity index (χ0v) is 12.0. The van der Waals surface area contributed by atoms with Gasteiger partial charge in [0.2, 0.25) is 5.91 Å². The molecule has 0 bridgehead atoms. The van der Waals surface area contributed by atoms with Crippen LogP contribution in [0.25, 0.3) is 0 Å². The number of primary amides is 1. The Labute approximate surface area is 116 Å². The largest absolute Gasteiger partial charge is 0.368 e. The molecule has 1 heterocycles. The van der Waals surface area contributed by atoms with Crippen LogP contribution in [0.3, 0.4) is 0 Å². The van der Waals surface area contributed by atoms with Gasteiger partial charge in [-0.2, -0.15) is 0 Å². The van der Waals surface area contributed by atoms with Gasteiger partial charge in [0.15, 0.2) is 0 Å². The normalized spacial score (nSPS) is 31.3. The molecule has 3 rings (SSSR count). The standard InChI is InChI=1S/C15H27N3O/c1-2-11-7-8-18(9-11)10-15(14(16)19,12-3-4-12)17-13-5-6-13/h11-13,17H,2-10H2,1H3,(H2,16,19). The molecule has 2 atom stereocenters. The Morgan fingerprint density at radius 1 is 1.32 bits per heavy atom. The van der Waals surface area contributed by atoms with E-state index in [-0.39, 0.29) is 5.91 Å². The fourth-order valence-electron chi connectivity index (χ4n) is 3.55. The maximum absolute atomic E-state index is 12.1. The Bertz CT molecular complexity index is 351. The first-order chi connectivity index (χ1) is 9.14. The molecule has 3 aliphatic rings. The van der Waals surface area contributed by atoms with Crippen LogP contribution in [0.1, 0.15) is 45.4 Å². The van der Waals surface area contributed by atoms with Crippen LogP contribution in [0.15, 0.2) is 0 Å². The Hall–Kier alpha value is -0.610. The number of likely N-dealkylation sites (tertiary alicyclic amines) is 1. The molecule has 2 saturated carbocycles. The highest BCUT2D eigenvalue weighted by Crippen LogP contribution is 2.42. The zero-order chi connectivity index (χ0) is 13.5. The lowest BCUT2D eigenvalue weighted by Crippen LogP contribution is -2.63. The quantitative estimate of drug-likeness (QED) is 0.725. The van der Waals surface area contributed by atoms with Gasteiger partial charge >= 0.3 is 0 Å². The fourth-order valence-corrected chi connectivity index (χ4v) is 3.55. The average molecular weight is 265 g/mol. The summed E-state index contributed by atoms with van der Waals surface area (Å²) in [5.74, 6) is 1.17. The summed E-state index contributed by atoms with van der Waals surface area (Å²) >= 11 is 0. The summed E-state index contributed by atoms with van der Waals surface area (Å²) in [6.45, 7) is 5.37. The van der Waals surface area contributed by atoms with Crippen molar-refractivity contribution in [3.8, 4) is 0 Å². The highest BCUT2D eigenvalue weighted by molar-refractivity contribution is 5.86.